The highest BCUT2D eigenvalue weighted by atomic mass is 35.5. The van der Waals surface area contributed by atoms with E-state index in [0.29, 0.717) is 17.1 Å². The number of halogens is 1. The fourth-order valence-electron chi connectivity index (χ4n) is 1.22. The normalized spacial score (nSPS) is 9.65. The van der Waals surface area contributed by atoms with Gasteiger partial charge < -0.3 is 10.4 Å². The molecular weight excluding hydrogens is 240 g/mol. The van der Waals surface area contributed by atoms with Crippen molar-refractivity contribution >= 4 is 23.1 Å². The number of phenols is 1. The van der Waals surface area contributed by atoms with E-state index in [-0.39, 0.29) is 11.0 Å². The highest BCUT2D eigenvalue weighted by Gasteiger charge is 2.06. The molecule has 0 spiro atoms. The molecule has 0 bridgehead atoms. The molecule has 0 saturated heterocycles. The molecule has 84 valence electrons. The number of hydrogen-bond acceptors (Lipinski definition) is 5. The molecule has 2 rings (SSSR count). The monoisotopic (exact) mass is 246 g/mol. The van der Waals surface area contributed by atoms with Crippen LogP contribution in [0.15, 0.2) is 30.5 Å². The van der Waals surface area contributed by atoms with Crippen LogP contribution in [0, 0.1) is 11.3 Å². The molecule has 0 aliphatic carbocycles. The number of nitrogens with one attached hydrogen (secondary N) is 1. The number of phenolic OH excluding ortho intramolecular Hbond substituents is 1. The largest absolute Gasteiger partial charge is 0.508 e. The van der Waals surface area contributed by atoms with Gasteiger partial charge in [0, 0.05) is 5.69 Å². The van der Waals surface area contributed by atoms with Gasteiger partial charge in [0.25, 0.3) is 0 Å². The first-order valence-electron chi connectivity index (χ1n) is 4.68. The molecule has 0 amide bonds. The van der Waals surface area contributed by atoms with Crippen molar-refractivity contribution in [3.8, 4) is 11.8 Å². The van der Waals surface area contributed by atoms with Crippen LogP contribution in [-0.2, 0) is 0 Å². The van der Waals surface area contributed by atoms with E-state index >= 15 is 0 Å². The van der Waals surface area contributed by atoms with Gasteiger partial charge in [0.1, 0.15) is 17.4 Å². The molecule has 0 aliphatic heterocycles. The summed E-state index contributed by atoms with van der Waals surface area (Å²) in [5, 5.41) is 21.0. The van der Waals surface area contributed by atoms with E-state index in [0.717, 1.165) is 0 Å². The predicted octanol–water partition coefficient (Wildman–Crippen LogP) is 2.45. The number of benzene rings is 1. The molecule has 6 heteroatoms. The number of hydrogen-bond donors (Lipinski definition) is 2. The minimum Gasteiger partial charge on any atom is -0.508 e. The first-order valence-corrected chi connectivity index (χ1v) is 5.05. The van der Waals surface area contributed by atoms with Gasteiger partial charge in [0.2, 0.25) is 5.28 Å². The zero-order valence-corrected chi connectivity index (χ0v) is 9.31. The van der Waals surface area contributed by atoms with Crippen LogP contribution in [-0.4, -0.2) is 15.1 Å². The van der Waals surface area contributed by atoms with Gasteiger partial charge in [-0.3, -0.25) is 0 Å². The van der Waals surface area contributed by atoms with E-state index in [9.17, 15) is 0 Å². The fourth-order valence-corrected chi connectivity index (χ4v) is 1.35. The Bertz CT molecular complexity index is 577. The van der Waals surface area contributed by atoms with Gasteiger partial charge in [-0.2, -0.15) is 10.2 Å². The summed E-state index contributed by atoms with van der Waals surface area (Å²) in [6.07, 6.45) is 1.35. The summed E-state index contributed by atoms with van der Waals surface area (Å²) in [7, 11) is 0. The second kappa shape index (κ2) is 4.68. The van der Waals surface area contributed by atoms with E-state index in [1.807, 2.05) is 6.07 Å². The van der Waals surface area contributed by atoms with Crippen molar-refractivity contribution in [2.24, 2.45) is 0 Å². The molecule has 1 aromatic carbocycles. The average Bonchev–Trinajstić information content (AvgIpc) is 2.32. The molecule has 5 nitrogen and oxygen atoms in total. The first kappa shape index (κ1) is 11.2. The maximum atomic E-state index is 9.14. The Balaban J connectivity index is 2.32. The molecule has 0 radical (unpaired) electrons. The zero-order valence-electron chi connectivity index (χ0n) is 8.55. The lowest BCUT2D eigenvalue weighted by Gasteiger charge is -2.06. The van der Waals surface area contributed by atoms with Gasteiger partial charge in [0.15, 0.2) is 5.82 Å². The van der Waals surface area contributed by atoms with E-state index in [2.05, 4.69) is 15.3 Å². The average molecular weight is 247 g/mol. The number of aromatic hydroxyl groups is 1. The molecule has 1 heterocycles. The molecule has 0 aliphatic rings. The van der Waals surface area contributed by atoms with Gasteiger partial charge in [-0.1, -0.05) is 0 Å². The molecule has 2 aromatic rings. The highest BCUT2D eigenvalue weighted by Crippen LogP contribution is 2.20. The molecule has 0 atom stereocenters. The Kier molecular flexibility index (Phi) is 3.08. The van der Waals surface area contributed by atoms with Gasteiger partial charge >= 0.3 is 0 Å². The molecule has 0 saturated carbocycles. The van der Waals surface area contributed by atoms with Crippen LogP contribution >= 0.6 is 11.6 Å². The highest BCUT2D eigenvalue weighted by molar-refractivity contribution is 6.28. The standard InChI is InChI=1S/C11H7ClN4O/c12-11-14-6-7(5-13)10(16-11)15-8-1-3-9(17)4-2-8/h1-4,6,17H,(H,14,15,16). The lowest BCUT2D eigenvalue weighted by molar-refractivity contribution is 0.475. The molecule has 0 fully saturated rings. The molecule has 2 N–H and O–H groups in total. The second-order valence-corrected chi connectivity index (χ2v) is 3.52. The Hall–Kier alpha value is -2.32. The molecule has 1 aromatic heterocycles. The Labute approximate surface area is 102 Å². The van der Waals surface area contributed by atoms with E-state index < -0.39 is 0 Å². The third kappa shape index (κ3) is 2.62. The summed E-state index contributed by atoms with van der Waals surface area (Å²) >= 11 is 5.65. The number of anilines is 2. The van der Waals surface area contributed by atoms with Crippen molar-refractivity contribution in [3.05, 3.63) is 41.3 Å². The zero-order chi connectivity index (χ0) is 12.3. The van der Waals surface area contributed by atoms with Crippen LogP contribution in [0.2, 0.25) is 5.28 Å². The summed E-state index contributed by atoms with van der Waals surface area (Å²) in [5.41, 5.74) is 0.983. The van der Waals surface area contributed by atoms with Gasteiger partial charge in [-0.15, -0.1) is 0 Å². The van der Waals surface area contributed by atoms with E-state index in [1.165, 1.54) is 18.3 Å². The van der Waals surface area contributed by atoms with Gasteiger partial charge in [0.05, 0.1) is 6.20 Å². The Morgan fingerprint density at radius 2 is 2.00 bits per heavy atom. The number of nitrogens with zero attached hydrogens (tertiary/aromatic N) is 3. The molecule has 0 unspecified atom stereocenters. The van der Waals surface area contributed by atoms with Crippen LogP contribution < -0.4 is 5.32 Å². The SMILES string of the molecule is N#Cc1cnc(Cl)nc1Nc1ccc(O)cc1. The fraction of sp³-hybridized carbons (Fsp3) is 0. The quantitative estimate of drug-likeness (QED) is 0.628. The maximum absolute atomic E-state index is 9.14. The topological polar surface area (TPSA) is 81.8 Å². The minimum absolute atomic E-state index is 0.0604. The minimum atomic E-state index is 0.0604. The third-order valence-electron chi connectivity index (χ3n) is 2.01. The smallest absolute Gasteiger partial charge is 0.224 e. The summed E-state index contributed by atoms with van der Waals surface area (Å²) in [5.74, 6) is 0.495. The van der Waals surface area contributed by atoms with Crippen LogP contribution in [0.4, 0.5) is 11.5 Å². The lowest BCUT2D eigenvalue weighted by atomic mass is 10.3. The Morgan fingerprint density at radius 3 is 2.65 bits per heavy atom. The molecular formula is C11H7ClN4O. The third-order valence-corrected chi connectivity index (χ3v) is 2.19. The van der Waals surface area contributed by atoms with Crippen LogP contribution in [0.3, 0.4) is 0 Å². The van der Waals surface area contributed by atoms with Crippen molar-refractivity contribution in [2.75, 3.05) is 5.32 Å². The van der Waals surface area contributed by atoms with Crippen molar-refractivity contribution in [1.29, 1.82) is 5.26 Å². The van der Waals surface area contributed by atoms with Crippen LogP contribution in [0.5, 0.6) is 5.75 Å². The van der Waals surface area contributed by atoms with Gasteiger partial charge in [-0.25, -0.2) is 4.98 Å². The van der Waals surface area contributed by atoms with Crippen molar-refractivity contribution < 1.29 is 5.11 Å². The number of aromatic nitrogens is 2. The van der Waals surface area contributed by atoms with Crippen molar-refractivity contribution in [1.82, 2.24) is 9.97 Å². The van der Waals surface area contributed by atoms with E-state index in [4.69, 9.17) is 22.0 Å². The summed E-state index contributed by atoms with van der Waals surface area (Å²) in [6.45, 7) is 0. The molecule has 17 heavy (non-hydrogen) atoms. The Morgan fingerprint density at radius 1 is 1.29 bits per heavy atom. The predicted molar refractivity (Wildman–Crippen MR) is 63.1 cm³/mol. The summed E-state index contributed by atoms with van der Waals surface area (Å²) in [4.78, 5) is 7.64. The maximum Gasteiger partial charge on any atom is 0.224 e. The number of nitriles is 1. The lowest BCUT2D eigenvalue weighted by Crippen LogP contribution is -1.98. The van der Waals surface area contributed by atoms with Crippen molar-refractivity contribution in [3.63, 3.8) is 0 Å². The summed E-state index contributed by atoms with van der Waals surface area (Å²) < 4.78 is 0. The van der Waals surface area contributed by atoms with Crippen molar-refractivity contribution in [2.45, 2.75) is 0 Å². The van der Waals surface area contributed by atoms with Crippen LogP contribution in [0.1, 0.15) is 5.56 Å². The van der Waals surface area contributed by atoms with Crippen LogP contribution in [0.25, 0.3) is 0 Å². The van der Waals surface area contributed by atoms with Gasteiger partial charge in [-0.05, 0) is 35.9 Å². The second-order valence-electron chi connectivity index (χ2n) is 3.18. The number of rotatable bonds is 2. The summed E-state index contributed by atoms with van der Waals surface area (Å²) in [6, 6.07) is 8.33. The first-order chi connectivity index (χ1) is 8.19. The van der Waals surface area contributed by atoms with E-state index in [1.54, 1.807) is 12.1 Å².